The molecule has 0 aliphatic heterocycles. The van der Waals surface area contributed by atoms with Gasteiger partial charge in [-0.1, -0.05) is 0 Å². The zero-order valence-electron chi connectivity index (χ0n) is 13.4. The molecule has 3 heterocycles. The quantitative estimate of drug-likeness (QED) is 0.591. The standard InChI is InChI=1S/C17H15N7O/c1-25-13-5-3-12(4-6-13)21-17-22-16-15(19-8-9-24(16)23-17)11-2-7-14(18)20-10-11/h2-10H,1H3,(H2,18,20)(H,21,23). The minimum absolute atomic E-state index is 0.457. The number of ether oxygens (including phenoxy) is 1. The number of pyridine rings is 1. The SMILES string of the molecule is COc1ccc(Nc2nc3c(-c4ccc(N)nc4)nccn3n2)cc1. The van der Waals surface area contributed by atoms with Gasteiger partial charge in [0.25, 0.3) is 0 Å². The largest absolute Gasteiger partial charge is 0.497 e. The van der Waals surface area contributed by atoms with Gasteiger partial charge in [0, 0.05) is 29.8 Å². The number of nitrogens with zero attached hydrogens (tertiary/aromatic N) is 5. The van der Waals surface area contributed by atoms with Crippen LogP contribution < -0.4 is 15.8 Å². The lowest BCUT2D eigenvalue weighted by atomic mass is 10.2. The maximum atomic E-state index is 5.64. The van der Waals surface area contributed by atoms with Crippen LogP contribution in [0.25, 0.3) is 16.9 Å². The summed E-state index contributed by atoms with van der Waals surface area (Å²) in [5, 5.41) is 7.60. The second kappa shape index (κ2) is 6.08. The van der Waals surface area contributed by atoms with E-state index in [1.807, 2.05) is 30.3 Å². The summed E-state index contributed by atoms with van der Waals surface area (Å²) >= 11 is 0. The molecule has 0 unspecified atom stereocenters. The fourth-order valence-electron chi connectivity index (χ4n) is 2.42. The third-order valence-corrected chi connectivity index (χ3v) is 3.66. The summed E-state index contributed by atoms with van der Waals surface area (Å²) in [6, 6.07) is 11.1. The number of hydrogen-bond acceptors (Lipinski definition) is 7. The van der Waals surface area contributed by atoms with Crippen molar-refractivity contribution in [2.75, 3.05) is 18.2 Å². The van der Waals surface area contributed by atoms with Gasteiger partial charge < -0.3 is 15.8 Å². The summed E-state index contributed by atoms with van der Waals surface area (Å²) in [4.78, 5) is 13.0. The van der Waals surface area contributed by atoms with E-state index in [-0.39, 0.29) is 0 Å². The van der Waals surface area contributed by atoms with E-state index in [0.29, 0.717) is 23.1 Å². The second-order valence-corrected chi connectivity index (χ2v) is 5.30. The van der Waals surface area contributed by atoms with Gasteiger partial charge in [-0.25, -0.2) is 9.50 Å². The van der Waals surface area contributed by atoms with Crippen molar-refractivity contribution in [2.24, 2.45) is 0 Å². The first-order chi connectivity index (χ1) is 12.2. The van der Waals surface area contributed by atoms with Crippen LogP contribution in [0.4, 0.5) is 17.5 Å². The summed E-state index contributed by atoms with van der Waals surface area (Å²) in [5.41, 5.74) is 8.64. The summed E-state index contributed by atoms with van der Waals surface area (Å²) in [7, 11) is 1.63. The molecule has 1 aromatic carbocycles. The number of hydrogen-bond donors (Lipinski definition) is 2. The molecule has 4 aromatic rings. The van der Waals surface area contributed by atoms with Gasteiger partial charge in [0.05, 0.1) is 7.11 Å². The molecule has 0 saturated heterocycles. The smallest absolute Gasteiger partial charge is 0.247 e. The van der Waals surface area contributed by atoms with Crippen LogP contribution in [0, 0.1) is 0 Å². The molecule has 0 radical (unpaired) electrons. The van der Waals surface area contributed by atoms with Gasteiger partial charge in [-0.15, -0.1) is 5.10 Å². The zero-order chi connectivity index (χ0) is 17.2. The van der Waals surface area contributed by atoms with E-state index >= 15 is 0 Å². The van der Waals surface area contributed by atoms with E-state index in [0.717, 1.165) is 17.0 Å². The van der Waals surface area contributed by atoms with Crippen molar-refractivity contribution in [3.63, 3.8) is 0 Å². The first-order valence-electron chi connectivity index (χ1n) is 7.57. The van der Waals surface area contributed by atoms with Crippen LogP contribution >= 0.6 is 0 Å². The lowest BCUT2D eigenvalue weighted by Gasteiger charge is -2.03. The van der Waals surface area contributed by atoms with E-state index in [4.69, 9.17) is 10.5 Å². The molecule has 25 heavy (non-hydrogen) atoms. The third-order valence-electron chi connectivity index (χ3n) is 3.66. The normalized spacial score (nSPS) is 10.8. The van der Waals surface area contributed by atoms with Crippen LogP contribution in [-0.2, 0) is 0 Å². The maximum absolute atomic E-state index is 5.64. The minimum Gasteiger partial charge on any atom is -0.497 e. The van der Waals surface area contributed by atoms with E-state index in [9.17, 15) is 0 Å². The number of benzene rings is 1. The Morgan fingerprint density at radius 3 is 2.64 bits per heavy atom. The average molecular weight is 333 g/mol. The number of methoxy groups -OCH3 is 1. The molecule has 0 aliphatic rings. The molecule has 3 aromatic heterocycles. The Morgan fingerprint density at radius 1 is 1.08 bits per heavy atom. The summed E-state index contributed by atoms with van der Waals surface area (Å²) in [6.45, 7) is 0. The summed E-state index contributed by atoms with van der Waals surface area (Å²) in [6.07, 6.45) is 5.09. The lowest BCUT2D eigenvalue weighted by Crippen LogP contribution is -1.95. The number of aromatic nitrogens is 5. The van der Waals surface area contributed by atoms with Gasteiger partial charge in [0.15, 0.2) is 5.65 Å². The number of fused-ring (bicyclic) bond motifs is 1. The first kappa shape index (κ1) is 14.9. The maximum Gasteiger partial charge on any atom is 0.247 e. The second-order valence-electron chi connectivity index (χ2n) is 5.30. The number of rotatable bonds is 4. The van der Waals surface area contributed by atoms with E-state index < -0.39 is 0 Å². The fourth-order valence-corrected chi connectivity index (χ4v) is 2.42. The molecule has 0 saturated carbocycles. The highest BCUT2D eigenvalue weighted by molar-refractivity contribution is 5.74. The average Bonchev–Trinajstić information content (AvgIpc) is 3.05. The van der Waals surface area contributed by atoms with Crippen LogP contribution in [0.15, 0.2) is 55.0 Å². The van der Waals surface area contributed by atoms with Gasteiger partial charge in [-0.05, 0) is 36.4 Å². The Balaban J connectivity index is 1.70. The van der Waals surface area contributed by atoms with Crippen LogP contribution in [-0.4, -0.2) is 31.7 Å². The van der Waals surface area contributed by atoms with Gasteiger partial charge in [0.1, 0.15) is 17.3 Å². The van der Waals surface area contributed by atoms with Crippen molar-refractivity contribution in [1.29, 1.82) is 0 Å². The molecular weight excluding hydrogens is 318 g/mol. The predicted molar refractivity (Wildman–Crippen MR) is 94.7 cm³/mol. The van der Waals surface area contributed by atoms with Crippen LogP contribution in [0.3, 0.4) is 0 Å². The fraction of sp³-hybridized carbons (Fsp3) is 0.0588. The monoisotopic (exact) mass is 333 g/mol. The summed E-state index contributed by atoms with van der Waals surface area (Å²) < 4.78 is 6.83. The molecule has 0 aliphatic carbocycles. The highest BCUT2D eigenvalue weighted by atomic mass is 16.5. The molecule has 0 amide bonds. The predicted octanol–water partition coefficient (Wildman–Crippen LogP) is 2.52. The molecule has 0 fully saturated rings. The van der Waals surface area contributed by atoms with Gasteiger partial charge in [-0.2, -0.15) is 4.98 Å². The Hall–Kier alpha value is -3.68. The van der Waals surface area contributed by atoms with Gasteiger partial charge in [-0.3, -0.25) is 4.98 Å². The third kappa shape index (κ3) is 2.92. The molecule has 8 heteroatoms. The number of nitrogens with one attached hydrogen (secondary N) is 1. The number of nitrogen functional groups attached to an aromatic ring is 1. The molecule has 0 atom stereocenters. The van der Waals surface area contributed by atoms with Crippen molar-refractivity contribution in [3.8, 4) is 17.0 Å². The Morgan fingerprint density at radius 2 is 1.92 bits per heavy atom. The van der Waals surface area contributed by atoms with Crippen LogP contribution in [0.1, 0.15) is 0 Å². The molecular formula is C17H15N7O. The first-order valence-corrected chi connectivity index (χ1v) is 7.57. The molecule has 124 valence electrons. The molecule has 8 nitrogen and oxygen atoms in total. The molecule has 0 spiro atoms. The van der Waals surface area contributed by atoms with Crippen LogP contribution in [0.2, 0.25) is 0 Å². The van der Waals surface area contributed by atoms with E-state index in [2.05, 4.69) is 25.4 Å². The van der Waals surface area contributed by atoms with Crippen molar-refractivity contribution in [1.82, 2.24) is 24.6 Å². The number of anilines is 3. The molecule has 3 N–H and O–H groups in total. The van der Waals surface area contributed by atoms with Gasteiger partial charge >= 0.3 is 0 Å². The lowest BCUT2D eigenvalue weighted by molar-refractivity contribution is 0.415. The van der Waals surface area contributed by atoms with Crippen molar-refractivity contribution in [3.05, 3.63) is 55.0 Å². The number of nitrogens with two attached hydrogens (primary N) is 1. The Labute approximate surface area is 143 Å². The highest BCUT2D eigenvalue weighted by Crippen LogP contribution is 2.23. The summed E-state index contributed by atoms with van der Waals surface area (Å²) in [5.74, 6) is 1.72. The molecule has 4 rings (SSSR count). The zero-order valence-corrected chi connectivity index (χ0v) is 13.4. The van der Waals surface area contributed by atoms with Crippen molar-refractivity contribution in [2.45, 2.75) is 0 Å². The Kier molecular flexibility index (Phi) is 3.62. The van der Waals surface area contributed by atoms with E-state index in [1.54, 1.807) is 36.3 Å². The van der Waals surface area contributed by atoms with Crippen LogP contribution in [0.5, 0.6) is 5.75 Å². The highest BCUT2D eigenvalue weighted by Gasteiger charge is 2.11. The van der Waals surface area contributed by atoms with E-state index in [1.165, 1.54) is 0 Å². The topological polar surface area (TPSA) is 103 Å². The minimum atomic E-state index is 0.457. The van der Waals surface area contributed by atoms with Gasteiger partial charge in [0.2, 0.25) is 5.95 Å². The van der Waals surface area contributed by atoms with Crippen molar-refractivity contribution >= 4 is 23.1 Å². The Bertz CT molecular complexity index is 1010. The molecule has 0 bridgehead atoms. The van der Waals surface area contributed by atoms with Crippen molar-refractivity contribution < 1.29 is 4.74 Å².